The van der Waals surface area contributed by atoms with Crippen molar-refractivity contribution >= 4 is 0 Å². The summed E-state index contributed by atoms with van der Waals surface area (Å²) in [6.07, 6.45) is -1.13. The van der Waals surface area contributed by atoms with Crippen molar-refractivity contribution < 1.29 is 19.3 Å². The number of ether oxygens (including phenoxy) is 3. The molecule has 1 atom stereocenters. The smallest absolute Gasteiger partial charge is 0.156 e. The van der Waals surface area contributed by atoms with Crippen molar-refractivity contribution in [2.75, 3.05) is 39.6 Å². The Balaban J connectivity index is 3.07. The fourth-order valence-corrected chi connectivity index (χ4v) is 0.764. The zero-order valence-electron chi connectivity index (χ0n) is 8.83. The van der Waals surface area contributed by atoms with E-state index in [0.29, 0.717) is 33.0 Å². The second-order valence-corrected chi connectivity index (χ2v) is 2.57. The van der Waals surface area contributed by atoms with E-state index in [1.165, 1.54) is 0 Å². The predicted octanol–water partition coefficient (Wildman–Crippen LogP) is 0.685. The molecule has 0 heterocycles. The van der Waals surface area contributed by atoms with Gasteiger partial charge in [0.2, 0.25) is 0 Å². The van der Waals surface area contributed by atoms with Crippen molar-refractivity contribution in [1.82, 2.24) is 0 Å². The SMILES string of the molecule is CCOCCOCCOCC(O)N=[N+]=[N-]. The normalized spacial score (nSPS) is 12.1. The van der Waals surface area contributed by atoms with Gasteiger partial charge < -0.3 is 19.3 Å². The minimum absolute atomic E-state index is 0.0150. The molecule has 0 aromatic heterocycles. The molecular weight excluding hydrogens is 202 g/mol. The molecule has 1 unspecified atom stereocenters. The van der Waals surface area contributed by atoms with Gasteiger partial charge >= 0.3 is 0 Å². The number of azide groups is 1. The lowest BCUT2D eigenvalue weighted by Gasteiger charge is -2.06. The first-order chi connectivity index (χ1) is 7.31. The van der Waals surface area contributed by atoms with Gasteiger partial charge in [-0.3, -0.25) is 0 Å². The summed E-state index contributed by atoms with van der Waals surface area (Å²) in [5, 5.41) is 11.9. The molecule has 0 saturated carbocycles. The zero-order chi connectivity index (χ0) is 11.4. The molecule has 0 bridgehead atoms. The van der Waals surface area contributed by atoms with Crippen LogP contribution in [-0.2, 0) is 14.2 Å². The summed E-state index contributed by atoms with van der Waals surface area (Å²) in [5.41, 5.74) is 7.96. The van der Waals surface area contributed by atoms with Crippen LogP contribution in [0.25, 0.3) is 10.4 Å². The molecular formula is C8H17N3O4. The van der Waals surface area contributed by atoms with E-state index in [9.17, 15) is 0 Å². The van der Waals surface area contributed by atoms with Crippen LogP contribution in [0.2, 0.25) is 0 Å². The average Bonchev–Trinajstić information content (AvgIpc) is 2.22. The lowest BCUT2D eigenvalue weighted by Crippen LogP contribution is -2.15. The number of aliphatic hydroxyl groups excluding tert-OH is 1. The Hall–Kier alpha value is -0.850. The molecule has 0 saturated heterocycles. The fourth-order valence-electron chi connectivity index (χ4n) is 0.764. The maximum Gasteiger partial charge on any atom is 0.156 e. The van der Waals surface area contributed by atoms with Gasteiger partial charge in [-0.05, 0) is 12.5 Å². The molecule has 0 rings (SSSR count). The first-order valence-electron chi connectivity index (χ1n) is 4.76. The molecule has 0 aliphatic heterocycles. The number of hydrogen-bond acceptors (Lipinski definition) is 5. The molecule has 7 heteroatoms. The van der Waals surface area contributed by atoms with E-state index >= 15 is 0 Å². The molecule has 0 fully saturated rings. The Morgan fingerprint density at radius 3 is 2.40 bits per heavy atom. The highest BCUT2D eigenvalue weighted by Gasteiger charge is 1.99. The van der Waals surface area contributed by atoms with Crippen LogP contribution in [-0.4, -0.2) is 51.0 Å². The van der Waals surface area contributed by atoms with Gasteiger partial charge in [0.25, 0.3) is 0 Å². The lowest BCUT2D eigenvalue weighted by molar-refractivity contribution is -0.00704. The van der Waals surface area contributed by atoms with Crippen LogP contribution in [0.1, 0.15) is 6.92 Å². The summed E-state index contributed by atoms with van der Waals surface area (Å²) in [5.74, 6) is 0. The minimum atomic E-state index is -1.13. The van der Waals surface area contributed by atoms with Crippen LogP contribution >= 0.6 is 0 Å². The van der Waals surface area contributed by atoms with Gasteiger partial charge in [0.15, 0.2) is 6.23 Å². The first-order valence-corrected chi connectivity index (χ1v) is 4.76. The van der Waals surface area contributed by atoms with Gasteiger partial charge in [0, 0.05) is 11.5 Å². The van der Waals surface area contributed by atoms with E-state index in [4.69, 9.17) is 24.8 Å². The Labute approximate surface area is 88.6 Å². The zero-order valence-corrected chi connectivity index (χ0v) is 8.83. The fraction of sp³-hybridized carbons (Fsp3) is 1.00. The lowest BCUT2D eigenvalue weighted by atomic mass is 10.6. The van der Waals surface area contributed by atoms with Crippen LogP contribution in [0.5, 0.6) is 0 Å². The van der Waals surface area contributed by atoms with Crippen molar-refractivity contribution in [1.29, 1.82) is 0 Å². The quantitative estimate of drug-likeness (QED) is 0.253. The topological polar surface area (TPSA) is 96.7 Å². The maximum atomic E-state index is 8.92. The Morgan fingerprint density at radius 1 is 1.20 bits per heavy atom. The van der Waals surface area contributed by atoms with E-state index < -0.39 is 6.23 Å². The van der Waals surface area contributed by atoms with Crippen molar-refractivity contribution in [2.45, 2.75) is 13.2 Å². The molecule has 0 aliphatic carbocycles. The molecule has 0 amide bonds. The Bertz CT molecular complexity index is 185. The molecule has 0 aliphatic rings. The number of nitrogens with zero attached hydrogens (tertiary/aromatic N) is 3. The van der Waals surface area contributed by atoms with Gasteiger partial charge in [0.05, 0.1) is 33.0 Å². The van der Waals surface area contributed by atoms with E-state index in [0.717, 1.165) is 0 Å². The highest BCUT2D eigenvalue weighted by Crippen LogP contribution is 1.88. The molecule has 0 radical (unpaired) electrons. The van der Waals surface area contributed by atoms with Gasteiger partial charge in [-0.15, -0.1) is 0 Å². The number of hydrogen-bond donors (Lipinski definition) is 1. The molecule has 15 heavy (non-hydrogen) atoms. The monoisotopic (exact) mass is 219 g/mol. The molecule has 0 aromatic rings. The van der Waals surface area contributed by atoms with Crippen LogP contribution < -0.4 is 0 Å². The summed E-state index contributed by atoms with van der Waals surface area (Å²) in [6.45, 7) is 4.45. The van der Waals surface area contributed by atoms with E-state index in [1.54, 1.807) is 0 Å². The van der Waals surface area contributed by atoms with E-state index in [2.05, 4.69) is 10.0 Å². The first kappa shape index (κ1) is 14.2. The molecule has 7 nitrogen and oxygen atoms in total. The van der Waals surface area contributed by atoms with Crippen LogP contribution in [0, 0.1) is 0 Å². The van der Waals surface area contributed by atoms with Crippen LogP contribution in [0.15, 0.2) is 5.11 Å². The van der Waals surface area contributed by atoms with Crippen molar-refractivity contribution in [3.63, 3.8) is 0 Å². The minimum Gasteiger partial charge on any atom is -0.385 e. The van der Waals surface area contributed by atoms with Crippen molar-refractivity contribution in [2.24, 2.45) is 5.11 Å². The van der Waals surface area contributed by atoms with Crippen molar-refractivity contribution in [3.05, 3.63) is 10.4 Å². The highest BCUT2D eigenvalue weighted by atomic mass is 16.5. The van der Waals surface area contributed by atoms with E-state index in [-0.39, 0.29) is 6.61 Å². The van der Waals surface area contributed by atoms with Gasteiger partial charge in [-0.2, -0.15) is 0 Å². The largest absolute Gasteiger partial charge is 0.385 e. The molecule has 0 aromatic carbocycles. The number of rotatable bonds is 10. The number of aliphatic hydroxyl groups is 1. The second kappa shape index (κ2) is 11.2. The van der Waals surface area contributed by atoms with Gasteiger partial charge in [-0.1, -0.05) is 5.11 Å². The summed E-state index contributed by atoms with van der Waals surface area (Å²) in [6, 6.07) is 0. The summed E-state index contributed by atoms with van der Waals surface area (Å²) in [4.78, 5) is 2.43. The summed E-state index contributed by atoms with van der Waals surface area (Å²) >= 11 is 0. The summed E-state index contributed by atoms with van der Waals surface area (Å²) in [7, 11) is 0. The van der Waals surface area contributed by atoms with Crippen LogP contribution in [0.4, 0.5) is 0 Å². The third-order valence-corrected chi connectivity index (χ3v) is 1.40. The summed E-state index contributed by atoms with van der Waals surface area (Å²) < 4.78 is 15.2. The third-order valence-electron chi connectivity index (χ3n) is 1.40. The third kappa shape index (κ3) is 11.1. The van der Waals surface area contributed by atoms with E-state index in [1.807, 2.05) is 6.92 Å². The van der Waals surface area contributed by atoms with Crippen molar-refractivity contribution in [3.8, 4) is 0 Å². The molecule has 0 spiro atoms. The van der Waals surface area contributed by atoms with Crippen LogP contribution in [0.3, 0.4) is 0 Å². The highest BCUT2D eigenvalue weighted by molar-refractivity contribution is 4.50. The van der Waals surface area contributed by atoms with Gasteiger partial charge in [0.1, 0.15) is 0 Å². The molecule has 88 valence electrons. The average molecular weight is 219 g/mol. The van der Waals surface area contributed by atoms with Gasteiger partial charge in [-0.25, -0.2) is 0 Å². The molecule has 1 N–H and O–H groups in total. The second-order valence-electron chi connectivity index (χ2n) is 2.57. The predicted molar refractivity (Wildman–Crippen MR) is 53.3 cm³/mol. The Kier molecular flexibility index (Phi) is 10.6. The Morgan fingerprint density at radius 2 is 1.80 bits per heavy atom. The standard InChI is InChI=1S/C8H17N3O4/c1-2-13-3-4-14-5-6-15-7-8(12)10-11-9/h8,12H,2-7H2,1H3. The maximum absolute atomic E-state index is 8.92.